The highest BCUT2D eigenvalue weighted by atomic mass is 79.9. The highest BCUT2D eigenvalue weighted by molar-refractivity contribution is 7.08. The SMILES string of the molecule is Cc1cc(NC(=O)C[N+]23CCC(CC2)C(OC(=O)[C@](O)(c2ccsc2)C2CCCC2)C3)no1.[Br-]. The fourth-order valence-corrected chi connectivity index (χ4v) is 6.77. The minimum Gasteiger partial charge on any atom is -1.00 e. The van der Waals surface area contributed by atoms with Crippen molar-refractivity contribution in [1.82, 2.24) is 5.16 Å². The number of hydrogen-bond donors (Lipinski definition) is 2. The van der Waals surface area contributed by atoms with Crippen LogP contribution in [-0.4, -0.2) is 58.9 Å². The molecule has 2 aromatic rings. The molecular weight excluding hydrogens is 522 g/mol. The van der Waals surface area contributed by atoms with Crippen LogP contribution < -0.4 is 22.3 Å². The fourth-order valence-electron chi connectivity index (χ4n) is 6.06. The van der Waals surface area contributed by atoms with E-state index in [0.29, 0.717) is 34.7 Å². The van der Waals surface area contributed by atoms with E-state index in [1.807, 2.05) is 16.8 Å². The Hall–Kier alpha value is -1.75. The van der Waals surface area contributed by atoms with Gasteiger partial charge in [-0.15, -0.1) is 0 Å². The van der Waals surface area contributed by atoms with Crippen molar-refractivity contribution < 1.29 is 45.4 Å². The number of nitrogens with zero attached hydrogens (tertiary/aromatic N) is 2. The molecule has 1 aliphatic carbocycles. The van der Waals surface area contributed by atoms with Gasteiger partial charge in [0.2, 0.25) is 0 Å². The van der Waals surface area contributed by atoms with E-state index < -0.39 is 11.6 Å². The standard InChI is InChI=1S/C24H31N3O5S.BrH/c1-16-12-21(26-32-16)25-22(28)14-27-9-6-17(7-10-27)20(13-27)31-23(29)24(30,18-4-2-3-5-18)19-8-11-33-15-19;/h8,11-12,15,17-18,20,30H,2-7,9-10,13-14H2,1H3;1H/t17?,20?,24-,27?;/m1./s1. The number of halogens is 1. The minimum absolute atomic E-state index is 0. The Kier molecular flexibility index (Phi) is 7.52. The van der Waals surface area contributed by atoms with Crippen LogP contribution in [0.4, 0.5) is 5.82 Å². The zero-order valence-corrected chi connectivity index (χ0v) is 21.8. The maximum atomic E-state index is 13.5. The van der Waals surface area contributed by atoms with Crippen LogP contribution in [0.15, 0.2) is 27.4 Å². The molecule has 10 heteroatoms. The Labute approximate surface area is 214 Å². The van der Waals surface area contributed by atoms with E-state index in [-0.39, 0.29) is 40.8 Å². The van der Waals surface area contributed by atoms with E-state index in [2.05, 4.69) is 10.5 Å². The smallest absolute Gasteiger partial charge is 0.343 e. The number of nitrogens with one attached hydrogen (secondary N) is 1. The van der Waals surface area contributed by atoms with Crippen molar-refractivity contribution in [3.63, 3.8) is 0 Å². The van der Waals surface area contributed by atoms with Gasteiger partial charge in [-0.1, -0.05) is 18.0 Å². The molecule has 3 aliphatic heterocycles. The molecule has 0 spiro atoms. The number of carbonyl (C=O) groups excluding carboxylic acids is 2. The Bertz CT molecular complexity index is 998. The second-order valence-electron chi connectivity index (χ2n) is 10.0. The summed E-state index contributed by atoms with van der Waals surface area (Å²) in [6.07, 6.45) is 5.25. The van der Waals surface area contributed by atoms with E-state index in [0.717, 1.165) is 51.6 Å². The van der Waals surface area contributed by atoms with Gasteiger partial charge in [0.15, 0.2) is 24.1 Å². The van der Waals surface area contributed by atoms with E-state index >= 15 is 0 Å². The molecule has 2 atom stereocenters. The summed E-state index contributed by atoms with van der Waals surface area (Å²) in [4.78, 5) is 26.2. The lowest BCUT2D eigenvalue weighted by Gasteiger charge is -2.51. The Morgan fingerprint density at radius 2 is 2.03 bits per heavy atom. The third-order valence-electron chi connectivity index (χ3n) is 7.89. The molecule has 1 amide bonds. The van der Waals surface area contributed by atoms with Crippen molar-refractivity contribution in [2.75, 3.05) is 31.5 Å². The molecule has 0 radical (unpaired) electrons. The molecule has 34 heavy (non-hydrogen) atoms. The number of ether oxygens (including phenoxy) is 1. The van der Waals surface area contributed by atoms with Gasteiger partial charge in [0.1, 0.15) is 12.3 Å². The highest BCUT2D eigenvalue weighted by Gasteiger charge is 2.53. The zero-order valence-electron chi connectivity index (χ0n) is 19.4. The summed E-state index contributed by atoms with van der Waals surface area (Å²) in [6.45, 7) is 4.47. The quantitative estimate of drug-likeness (QED) is 0.375. The molecule has 4 aliphatic rings. The van der Waals surface area contributed by atoms with Crippen molar-refractivity contribution in [2.45, 2.75) is 57.2 Å². The third-order valence-corrected chi connectivity index (χ3v) is 8.58. The van der Waals surface area contributed by atoms with Gasteiger partial charge in [-0.25, -0.2) is 4.79 Å². The largest absolute Gasteiger partial charge is 1.00 e. The van der Waals surface area contributed by atoms with Crippen LogP contribution in [-0.2, 0) is 19.9 Å². The number of quaternary nitrogens is 1. The number of aromatic nitrogens is 1. The molecule has 5 heterocycles. The predicted molar refractivity (Wildman–Crippen MR) is 122 cm³/mol. The maximum absolute atomic E-state index is 13.5. The summed E-state index contributed by atoms with van der Waals surface area (Å²) in [6, 6.07) is 3.53. The van der Waals surface area contributed by atoms with Crippen LogP contribution in [0.1, 0.15) is 49.8 Å². The van der Waals surface area contributed by atoms with Gasteiger partial charge in [0, 0.05) is 36.3 Å². The lowest BCUT2D eigenvalue weighted by Crippen LogP contribution is -3.00. The molecule has 1 unspecified atom stereocenters. The number of piperidine rings is 3. The summed E-state index contributed by atoms with van der Waals surface area (Å²) in [5, 5.41) is 22.1. The number of aryl methyl sites for hydroxylation is 1. The van der Waals surface area contributed by atoms with Crippen LogP contribution in [0.5, 0.6) is 0 Å². The van der Waals surface area contributed by atoms with Crippen LogP contribution in [0, 0.1) is 18.8 Å². The number of aliphatic hydroxyl groups is 1. The molecule has 2 N–H and O–H groups in total. The van der Waals surface area contributed by atoms with E-state index in [4.69, 9.17) is 9.26 Å². The molecule has 6 rings (SSSR count). The second kappa shape index (κ2) is 10.1. The Balaban J connectivity index is 0.00000274. The summed E-state index contributed by atoms with van der Waals surface area (Å²) in [5.74, 6) is 0.596. The molecule has 1 saturated carbocycles. The van der Waals surface area contributed by atoms with Gasteiger partial charge < -0.3 is 41.1 Å². The molecule has 3 saturated heterocycles. The number of thiophene rings is 1. The number of hydrogen-bond acceptors (Lipinski definition) is 7. The van der Waals surface area contributed by atoms with Gasteiger partial charge in [-0.2, -0.15) is 11.3 Å². The summed E-state index contributed by atoms with van der Waals surface area (Å²) in [7, 11) is 0. The summed E-state index contributed by atoms with van der Waals surface area (Å²) < 4.78 is 11.7. The molecule has 0 aromatic carbocycles. The first-order chi connectivity index (χ1) is 15.9. The van der Waals surface area contributed by atoms with Crippen LogP contribution in [0.25, 0.3) is 0 Å². The molecular formula is C24H32BrN3O5S. The highest BCUT2D eigenvalue weighted by Crippen LogP contribution is 2.44. The zero-order chi connectivity index (χ0) is 23.1. The van der Waals surface area contributed by atoms with E-state index in [9.17, 15) is 14.7 Å². The van der Waals surface area contributed by atoms with Gasteiger partial charge in [0.05, 0.1) is 13.1 Å². The summed E-state index contributed by atoms with van der Waals surface area (Å²) in [5.41, 5.74) is -0.938. The van der Waals surface area contributed by atoms with E-state index in [1.54, 1.807) is 13.0 Å². The first kappa shape index (κ1) is 25.3. The van der Waals surface area contributed by atoms with Gasteiger partial charge in [-0.05, 0) is 36.6 Å². The van der Waals surface area contributed by atoms with Gasteiger partial charge >= 0.3 is 5.97 Å². The van der Waals surface area contributed by atoms with Gasteiger partial charge in [-0.3, -0.25) is 4.79 Å². The molecule has 4 fully saturated rings. The Morgan fingerprint density at radius 3 is 2.65 bits per heavy atom. The van der Waals surface area contributed by atoms with Crippen molar-refractivity contribution in [3.05, 3.63) is 34.2 Å². The van der Waals surface area contributed by atoms with Crippen LogP contribution >= 0.6 is 11.3 Å². The number of amides is 1. The van der Waals surface area contributed by atoms with Crippen LogP contribution in [0.2, 0.25) is 0 Å². The summed E-state index contributed by atoms with van der Waals surface area (Å²) >= 11 is 1.48. The second-order valence-corrected chi connectivity index (χ2v) is 10.8. The normalized spacial score (nSPS) is 28.2. The topological polar surface area (TPSA) is 102 Å². The fraction of sp³-hybridized carbons (Fsp3) is 0.625. The third kappa shape index (κ3) is 4.82. The lowest BCUT2D eigenvalue weighted by atomic mass is 9.80. The Morgan fingerprint density at radius 1 is 1.29 bits per heavy atom. The van der Waals surface area contributed by atoms with Crippen molar-refractivity contribution in [3.8, 4) is 0 Å². The first-order valence-electron chi connectivity index (χ1n) is 11.9. The average Bonchev–Trinajstić information content (AvgIpc) is 3.57. The van der Waals surface area contributed by atoms with E-state index in [1.165, 1.54) is 11.3 Å². The van der Waals surface area contributed by atoms with Crippen LogP contribution in [0.3, 0.4) is 0 Å². The number of rotatable bonds is 7. The molecule has 186 valence electrons. The number of esters is 1. The maximum Gasteiger partial charge on any atom is 0.343 e. The lowest BCUT2D eigenvalue weighted by molar-refractivity contribution is -0.939. The number of carbonyl (C=O) groups is 2. The molecule has 8 nitrogen and oxygen atoms in total. The molecule has 2 bridgehead atoms. The number of fused-ring (bicyclic) bond motifs is 3. The monoisotopic (exact) mass is 553 g/mol. The number of anilines is 1. The van der Waals surface area contributed by atoms with Crippen molar-refractivity contribution in [1.29, 1.82) is 0 Å². The minimum atomic E-state index is -1.59. The predicted octanol–water partition coefficient (Wildman–Crippen LogP) is 0.217. The van der Waals surface area contributed by atoms with Crippen molar-refractivity contribution >= 4 is 29.0 Å². The van der Waals surface area contributed by atoms with Crippen molar-refractivity contribution in [2.24, 2.45) is 11.8 Å². The molecule has 2 aromatic heterocycles. The van der Waals surface area contributed by atoms with Gasteiger partial charge in [0.25, 0.3) is 5.91 Å². The average molecular weight is 555 g/mol. The first-order valence-corrected chi connectivity index (χ1v) is 12.9.